The van der Waals surface area contributed by atoms with Crippen molar-refractivity contribution >= 4 is 21.7 Å². The van der Waals surface area contributed by atoms with Crippen molar-refractivity contribution in [2.75, 3.05) is 6.61 Å². The largest absolute Gasteiger partial charge is 0.479 e. The number of carbonyl (C=O) groups excluding carboxylic acids is 1. The summed E-state index contributed by atoms with van der Waals surface area (Å²) in [5, 5.41) is 0. The fourth-order valence-electron chi connectivity index (χ4n) is 1.52. The highest BCUT2D eigenvalue weighted by Gasteiger charge is 2.14. The van der Waals surface area contributed by atoms with Crippen LogP contribution < -0.4 is 4.74 Å². The minimum atomic E-state index is -0.833. The molecule has 19 heavy (non-hydrogen) atoms. The molecule has 0 bridgehead atoms. The molecule has 0 aliphatic heterocycles. The molecule has 0 N–H and O–H groups in total. The molecule has 0 radical (unpaired) electrons. The Hall–Kier alpha value is -1.75. The third-order valence-corrected chi connectivity index (χ3v) is 3.13. The third kappa shape index (κ3) is 3.17. The lowest BCUT2D eigenvalue weighted by molar-refractivity contribution is 0.0915. The molecule has 2 aromatic carbocycles. The second kappa shape index (κ2) is 5.93. The van der Waals surface area contributed by atoms with Crippen molar-refractivity contribution in [2.45, 2.75) is 0 Å². The Labute approximate surface area is 117 Å². The smallest absolute Gasteiger partial charge is 0.201 e. The number of halogens is 3. The maximum atomic E-state index is 13.3. The van der Waals surface area contributed by atoms with E-state index in [2.05, 4.69) is 15.9 Å². The molecule has 0 saturated heterocycles. The average Bonchev–Trinajstić information content (AvgIpc) is 2.38. The van der Waals surface area contributed by atoms with E-state index in [-0.39, 0.29) is 5.78 Å². The van der Waals surface area contributed by atoms with Crippen molar-refractivity contribution in [3.8, 4) is 5.75 Å². The summed E-state index contributed by atoms with van der Waals surface area (Å²) in [6, 6.07) is 10.1. The molecule has 0 saturated carbocycles. The van der Waals surface area contributed by atoms with Crippen LogP contribution in [-0.4, -0.2) is 12.4 Å². The topological polar surface area (TPSA) is 26.3 Å². The van der Waals surface area contributed by atoms with E-state index in [1.54, 1.807) is 24.3 Å². The maximum Gasteiger partial charge on any atom is 0.201 e. The van der Waals surface area contributed by atoms with E-state index in [0.717, 1.165) is 12.1 Å². The number of benzene rings is 2. The number of hydrogen-bond donors (Lipinski definition) is 0. The predicted molar refractivity (Wildman–Crippen MR) is 70.3 cm³/mol. The molecule has 98 valence electrons. The van der Waals surface area contributed by atoms with Gasteiger partial charge in [0.05, 0.1) is 0 Å². The molecule has 0 amide bonds. The number of ether oxygens (including phenoxy) is 1. The highest BCUT2D eigenvalue weighted by Crippen LogP contribution is 2.22. The molecule has 0 aliphatic rings. The molecule has 0 heterocycles. The number of Topliss-reactive ketones (excluding diaryl/α,β-unsaturated/α-hetero) is 1. The summed E-state index contributed by atoms with van der Waals surface area (Å²) in [5.74, 6) is -2.57. The molecule has 0 fully saturated rings. The van der Waals surface area contributed by atoms with Crippen molar-refractivity contribution in [3.63, 3.8) is 0 Å². The van der Waals surface area contributed by atoms with Crippen LogP contribution in [0.25, 0.3) is 0 Å². The molecule has 5 heteroatoms. The van der Waals surface area contributed by atoms with Gasteiger partial charge in [-0.1, -0.05) is 40.2 Å². The van der Waals surface area contributed by atoms with Gasteiger partial charge < -0.3 is 4.74 Å². The number of hydrogen-bond acceptors (Lipinski definition) is 2. The molecule has 2 rings (SSSR count). The summed E-state index contributed by atoms with van der Waals surface area (Å²) < 4.78 is 32.1. The fraction of sp³-hybridized carbons (Fsp3) is 0.0714. The van der Waals surface area contributed by atoms with Crippen molar-refractivity contribution in [3.05, 3.63) is 64.1 Å². The second-order valence-electron chi connectivity index (χ2n) is 3.74. The van der Waals surface area contributed by atoms with Gasteiger partial charge in [-0.2, -0.15) is 0 Å². The van der Waals surface area contributed by atoms with Crippen LogP contribution in [0.15, 0.2) is 46.9 Å². The van der Waals surface area contributed by atoms with E-state index in [4.69, 9.17) is 4.74 Å². The highest BCUT2D eigenvalue weighted by atomic mass is 79.9. The molecule has 0 atom stereocenters. The maximum absolute atomic E-state index is 13.3. The summed E-state index contributed by atoms with van der Waals surface area (Å²) in [6.07, 6.45) is 0. The van der Waals surface area contributed by atoms with Gasteiger partial charge in [-0.25, -0.2) is 8.78 Å². The number of para-hydroxylation sites is 1. The van der Waals surface area contributed by atoms with Crippen LogP contribution in [0.5, 0.6) is 5.75 Å². The summed E-state index contributed by atoms with van der Waals surface area (Å²) in [5.41, 5.74) is 0.402. The van der Waals surface area contributed by atoms with Crippen molar-refractivity contribution in [2.24, 2.45) is 0 Å². The van der Waals surface area contributed by atoms with Gasteiger partial charge in [-0.05, 0) is 18.2 Å². The zero-order chi connectivity index (χ0) is 13.8. The van der Waals surface area contributed by atoms with E-state index >= 15 is 0 Å². The minimum Gasteiger partial charge on any atom is -0.479 e. The van der Waals surface area contributed by atoms with E-state index < -0.39 is 24.0 Å². The molecule has 0 spiro atoms. The Balaban J connectivity index is 2.11. The van der Waals surface area contributed by atoms with Crippen LogP contribution in [0.3, 0.4) is 0 Å². The van der Waals surface area contributed by atoms with Gasteiger partial charge >= 0.3 is 0 Å². The SMILES string of the molecule is O=C(COc1c(F)cccc1F)c1ccccc1Br. The van der Waals surface area contributed by atoms with Gasteiger partial charge in [0.15, 0.2) is 24.0 Å². The standard InChI is InChI=1S/C14H9BrF2O2/c15-10-5-2-1-4-9(10)13(18)8-19-14-11(16)6-3-7-12(14)17/h1-7H,8H2. The number of carbonyl (C=O) groups is 1. The summed E-state index contributed by atoms with van der Waals surface area (Å²) >= 11 is 3.23. The monoisotopic (exact) mass is 326 g/mol. The Kier molecular flexibility index (Phi) is 4.27. The molecule has 0 aromatic heterocycles. The van der Waals surface area contributed by atoms with Gasteiger partial charge in [0, 0.05) is 10.0 Å². The normalized spacial score (nSPS) is 10.3. The van der Waals surface area contributed by atoms with Crippen LogP contribution in [0.1, 0.15) is 10.4 Å². The number of ketones is 1. The Morgan fingerprint density at radius 3 is 2.32 bits per heavy atom. The molecule has 2 nitrogen and oxygen atoms in total. The Morgan fingerprint density at radius 2 is 1.68 bits per heavy atom. The van der Waals surface area contributed by atoms with Gasteiger partial charge in [-0.3, -0.25) is 4.79 Å². The van der Waals surface area contributed by atoms with Crippen LogP contribution in [0, 0.1) is 11.6 Å². The van der Waals surface area contributed by atoms with Crippen molar-refractivity contribution in [1.29, 1.82) is 0 Å². The van der Waals surface area contributed by atoms with Crippen molar-refractivity contribution < 1.29 is 18.3 Å². The zero-order valence-electron chi connectivity index (χ0n) is 9.70. The summed E-state index contributed by atoms with van der Waals surface area (Å²) in [4.78, 5) is 11.9. The fourth-order valence-corrected chi connectivity index (χ4v) is 2.03. The summed E-state index contributed by atoms with van der Waals surface area (Å²) in [6.45, 7) is -0.430. The number of rotatable bonds is 4. The van der Waals surface area contributed by atoms with Crippen molar-refractivity contribution in [1.82, 2.24) is 0 Å². The van der Waals surface area contributed by atoms with Crippen LogP contribution in [0.4, 0.5) is 8.78 Å². The first-order chi connectivity index (χ1) is 9.09. The molecular formula is C14H9BrF2O2. The average molecular weight is 327 g/mol. The first-order valence-corrected chi connectivity index (χ1v) is 6.23. The second-order valence-corrected chi connectivity index (χ2v) is 4.60. The summed E-state index contributed by atoms with van der Waals surface area (Å²) in [7, 11) is 0. The van der Waals surface area contributed by atoms with Crippen LogP contribution in [0.2, 0.25) is 0 Å². The lowest BCUT2D eigenvalue weighted by Gasteiger charge is -2.08. The van der Waals surface area contributed by atoms with E-state index in [1.165, 1.54) is 6.07 Å². The lowest BCUT2D eigenvalue weighted by Crippen LogP contribution is -2.13. The van der Waals surface area contributed by atoms with Crippen LogP contribution >= 0.6 is 15.9 Å². The quantitative estimate of drug-likeness (QED) is 0.794. The van der Waals surface area contributed by atoms with E-state index in [0.29, 0.717) is 10.0 Å². The van der Waals surface area contributed by atoms with E-state index in [9.17, 15) is 13.6 Å². The van der Waals surface area contributed by atoms with Gasteiger partial charge in [0.25, 0.3) is 0 Å². The molecular weight excluding hydrogens is 318 g/mol. The highest BCUT2D eigenvalue weighted by molar-refractivity contribution is 9.10. The zero-order valence-corrected chi connectivity index (χ0v) is 11.3. The predicted octanol–water partition coefficient (Wildman–Crippen LogP) is 3.99. The molecule has 2 aromatic rings. The van der Waals surface area contributed by atoms with Crippen LogP contribution in [-0.2, 0) is 0 Å². The molecule has 0 aliphatic carbocycles. The third-order valence-electron chi connectivity index (χ3n) is 2.44. The Morgan fingerprint density at radius 1 is 1.05 bits per heavy atom. The first kappa shape index (κ1) is 13.7. The minimum absolute atomic E-state index is 0.366. The van der Waals surface area contributed by atoms with Gasteiger partial charge in [-0.15, -0.1) is 0 Å². The Bertz CT molecular complexity index is 594. The first-order valence-electron chi connectivity index (χ1n) is 5.44. The lowest BCUT2D eigenvalue weighted by atomic mass is 10.1. The molecule has 0 unspecified atom stereocenters. The van der Waals surface area contributed by atoms with Gasteiger partial charge in [0.1, 0.15) is 0 Å². The van der Waals surface area contributed by atoms with E-state index in [1.807, 2.05) is 0 Å². The van der Waals surface area contributed by atoms with Gasteiger partial charge in [0.2, 0.25) is 5.78 Å².